The summed E-state index contributed by atoms with van der Waals surface area (Å²) in [5, 5.41) is 5.35. The second kappa shape index (κ2) is 6.62. The number of rotatable bonds is 5. The topological polar surface area (TPSA) is 29.1 Å². The number of carbonyl (C=O) groups excluding carboxylic acids is 1. The molecule has 1 heterocycles. The van der Waals surface area contributed by atoms with Crippen molar-refractivity contribution < 1.29 is 4.79 Å². The van der Waals surface area contributed by atoms with Crippen LogP contribution in [-0.2, 0) is 0 Å². The van der Waals surface area contributed by atoms with Crippen molar-refractivity contribution in [3.63, 3.8) is 0 Å². The van der Waals surface area contributed by atoms with E-state index in [0.717, 1.165) is 18.4 Å². The summed E-state index contributed by atoms with van der Waals surface area (Å²) in [6.45, 7) is 4.66. The van der Waals surface area contributed by atoms with Crippen LogP contribution in [0.25, 0.3) is 0 Å². The maximum absolute atomic E-state index is 11.8. The van der Waals surface area contributed by atoms with Gasteiger partial charge in [-0.1, -0.05) is 40.9 Å². The first-order valence-corrected chi connectivity index (χ1v) is 7.39. The highest BCUT2D eigenvalue weighted by Gasteiger charge is 2.15. The number of nitrogens with one attached hydrogen (secondary N) is 1. The maximum atomic E-state index is 11.8. The molecule has 0 saturated carbocycles. The lowest BCUT2D eigenvalue weighted by molar-refractivity contribution is 0.0958. The second-order valence-corrected chi connectivity index (χ2v) is 6.21. The van der Waals surface area contributed by atoms with Crippen molar-refractivity contribution >= 4 is 44.8 Å². The molecule has 0 aliphatic rings. The molecule has 0 aliphatic carbocycles. The third-order valence-electron chi connectivity index (χ3n) is 2.19. The van der Waals surface area contributed by atoms with Crippen LogP contribution in [0.4, 0.5) is 0 Å². The molecule has 0 radical (unpaired) electrons. The van der Waals surface area contributed by atoms with Crippen LogP contribution in [0.5, 0.6) is 0 Å². The SMILES string of the molecule is CCCC(Br)CNC(=O)c1scc(C)c1Cl. The predicted octanol–water partition coefficient (Wildman–Crippen LogP) is 4.00. The predicted molar refractivity (Wildman–Crippen MR) is 74.0 cm³/mol. The van der Waals surface area contributed by atoms with Crippen molar-refractivity contribution in [2.75, 3.05) is 6.54 Å². The summed E-state index contributed by atoms with van der Waals surface area (Å²) in [5.41, 5.74) is 0.959. The van der Waals surface area contributed by atoms with Crippen molar-refractivity contribution in [1.29, 1.82) is 0 Å². The Morgan fingerprint density at radius 3 is 2.88 bits per heavy atom. The summed E-state index contributed by atoms with van der Waals surface area (Å²) in [6, 6.07) is 0. The van der Waals surface area contributed by atoms with Gasteiger partial charge in [-0.2, -0.15) is 0 Å². The minimum absolute atomic E-state index is 0.0800. The van der Waals surface area contributed by atoms with E-state index in [4.69, 9.17) is 11.6 Å². The highest BCUT2D eigenvalue weighted by atomic mass is 79.9. The van der Waals surface area contributed by atoms with Crippen molar-refractivity contribution in [2.45, 2.75) is 31.5 Å². The third kappa shape index (κ3) is 3.75. The van der Waals surface area contributed by atoms with E-state index in [1.807, 2.05) is 12.3 Å². The molecule has 2 nitrogen and oxygen atoms in total. The van der Waals surface area contributed by atoms with Crippen molar-refractivity contribution in [1.82, 2.24) is 5.32 Å². The molecule has 0 saturated heterocycles. The zero-order valence-corrected chi connectivity index (χ0v) is 12.5. The molecule has 5 heteroatoms. The van der Waals surface area contributed by atoms with E-state index >= 15 is 0 Å². The number of halogens is 2. The summed E-state index contributed by atoms with van der Waals surface area (Å²) in [7, 11) is 0. The van der Waals surface area contributed by atoms with E-state index in [1.54, 1.807) is 0 Å². The third-order valence-corrected chi connectivity index (χ3v) is 4.67. The van der Waals surface area contributed by atoms with Gasteiger partial charge in [-0.25, -0.2) is 0 Å². The summed E-state index contributed by atoms with van der Waals surface area (Å²) in [6.07, 6.45) is 2.15. The zero-order valence-electron chi connectivity index (χ0n) is 9.35. The molecule has 1 aromatic heterocycles. The molecule has 90 valence electrons. The summed E-state index contributed by atoms with van der Waals surface area (Å²) < 4.78 is 0. The lowest BCUT2D eigenvalue weighted by atomic mass is 10.2. The molecule has 1 amide bonds. The van der Waals surface area contributed by atoms with Crippen molar-refractivity contribution in [2.24, 2.45) is 0 Å². The number of hydrogen-bond acceptors (Lipinski definition) is 2. The van der Waals surface area contributed by atoms with Gasteiger partial charge in [0.1, 0.15) is 4.88 Å². The molecular weight excluding hydrogens is 310 g/mol. The molecule has 1 unspecified atom stereocenters. The molecule has 0 aromatic carbocycles. The Morgan fingerprint density at radius 2 is 2.38 bits per heavy atom. The second-order valence-electron chi connectivity index (χ2n) is 3.66. The van der Waals surface area contributed by atoms with Crippen LogP contribution in [0.2, 0.25) is 5.02 Å². The fraction of sp³-hybridized carbons (Fsp3) is 0.545. The van der Waals surface area contributed by atoms with Crippen molar-refractivity contribution in [3.8, 4) is 0 Å². The lowest BCUT2D eigenvalue weighted by Crippen LogP contribution is -2.29. The van der Waals surface area contributed by atoms with E-state index in [2.05, 4.69) is 28.2 Å². The largest absolute Gasteiger partial charge is 0.350 e. The smallest absolute Gasteiger partial charge is 0.262 e. The standard InChI is InChI=1S/C11H15BrClNOS/c1-3-4-8(12)5-14-11(15)10-9(13)7(2)6-16-10/h6,8H,3-5H2,1-2H3,(H,14,15). The van der Waals surface area contributed by atoms with Gasteiger partial charge in [0, 0.05) is 11.4 Å². The summed E-state index contributed by atoms with van der Waals surface area (Å²) in [4.78, 5) is 12.7. The Hall–Kier alpha value is -0.0600. The van der Waals surface area contributed by atoms with Gasteiger partial charge in [-0.3, -0.25) is 4.79 Å². The van der Waals surface area contributed by atoms with Crippen LogP contribution < -0.4 is 5.32 Å². The Labute approximate surface area is 114 Å². The minimum Gasteiger partial charge on any atom is -0.350 e. The molecule has 0 aliphatic heterocycles. The van der Waals surface area contributed by atoms with Crippen LogP contribution in [0, 0.1) is 6.92 Å². The first-order valence-electron chi connectivity index (χ1n) is 5.22. The van der Waals surface area contributed by atoms with Crippen LogP contribution in [0.3, 0.4) is 0 Å². The Kier molecular flexibility index (Phi) is 5.79. The van der Waals surface area contributed by atoms with Crippen LogP contribution in [0.1, 0.15) is 35.0 Å². The average Bonchev–Trinajstić information content (AvgIpc) is 2.57. The van der Waals surface area contributed by atoms with Crippen LogP contribution in [-0.4, -0.2) is 17.3 Å². The van der Waals surface area contributed by atoms with Gasteiger partial charge >= 0.3 is 0 Å². The van der Waals surface area contributed by atoms with Crippen molar-refractivity contribution in [3.05, 3.63) is 20.8 Å². The number of amides is 1. The molecule has 0 bridgehead atoms. The zero-order chi connectivity index (χ0) is 12.1. The highest BCUT2D eigenvalue weighted by molar-refractivity contribution is 9.09. The number of thiophene rings is 1. The summed E-state index contributed by atoms with van der Waals surface area (Å²) >= 11 is 10.9. The Bertz CT molecular complexity index is 367. The monoisotopic (exact) mass is 323 g/mol. The van der Waals surface area contributed by atoms with E-state index in [0.29, 0.717) is 21.3 Å². The van der Waals surface area contributed by atoms with E-state index in [9.17, 15) is 4.79 Å². The first-order chi connectivity index (χ1) is 7.56. The quantitative estimate of drug-likeness (QED) is 0.815. The molecule has 1 aromatic rings. The number of hydrogen-bond donors (Lipinski definition) is 1. The number of carbonyl (C=O) groups is 1. The lowest BCUT2D eigenvalue weighted by Gasteiger charge is -2.09. The molecule has 1 atom stereocenters. The Morgan fingerprint density at radius 1 is 1.69 bits per heavy atom. The Balaban J connectivity index is 2.50. The van der Waals surface area contributed by atoms with E-state index < -0.39 is 0 Å². The van der Waals surface area contributed by atoms with Crippen LogP contribution >= 0.6 is 38.9 Å². The fourth-order valence-electron chi connectivity index (χ4n) is 1.28. The molecule has 1 rings (SSSR count). The molecule has 0 spiro atoms. The summed E-state index contributed by atoms with van der Waals surface area (Å²) in [5.74, 6) is -0.0800. The van der Waals surface area contributed by atoms with Crippen LogP contribution in [0.15, 0.2) is 5.38 Å². The molecule has 1 N–H and O–H groups in total. The highest BCUT2D eigenvalue weighted by Crippen LogP contribution is 2.26. The maximum Gasteiger partial charge on any atom is 0.262 e. The van der Waals surface area contributed by atoms with Gasteiger partial charge in [-0.15, -0.1) is 11.3 Å². The van der Waals surface area contributed by atoms with Gasteiger partial charge in [0.05, 0.1) is 5.02 Å². The van der Waals surface area contributed by atoms with E-state index in [-0.39, 0.29) is 5.91 Å². The minimum atomic E-state index is -0.0800. The van der Waals surface area contributed by atoms with E-state index in [1.165, 1.54) is 11.3 Å². The van der Waals surface area contributed by atoms with Gasteiger partial charge in [0.25, 0.3) is 5.91 Å². The van der Waals surface area contributed by atoms with Gasteiger partial charge in [0.15, 0.2) is 0 Å². The molecular formula is C11H15BrClNOS. The normalized spacial score (nSPS) is 12.5. The van der Waals surface area contributed by atoms with Gasteiger partial charge in [-0.05, 0) is 24.3 Å². The first kappa shape index (κ1) is 14.0. The van der Waals surface area contributed by atoms with Gasteiger partial charge < -0.3 is 5.32 Å². The number of aryl methyl sites for hydroxylation is 1. The van der Waals surface area contributed by atoms with Gasteiger partial charge in [0.2, 0.25) is 0 Å². The fourth-order valence-corrected chi connectivity index (χ4v) is 3.10. The molecule has 16 heavy (non-hydrogen) atoms. The molecule has 0 fully saturated rings. The number of alkyl halides is 1. The average molecular weight is 325 g/mol.